The van der Waals surface area contributed by atoms with Crippen LogP contribution < -0.4 is 0 Å². The molecule has 8 aliphatic rings. The van der Waals surface area contributed by atoms with Gasteiger partial charge in [0.15, 0.2) is 0 Å². The van der Waals surface area contributed by atoms with Crippen molar-refractivity contribution in [1.82, 2.24) is 0 Å². The first kappa shape index (κ1) is 43.2. The summed E-state index contributed by atoms with van der Waals surface area (Å²) < 4.78 is 13.7. The van der Waals surface area contributed by atoms with Crippen LogP contribution in [0.5, 0.6) is 0 Å². The van der Waals surface area contributed by atoms with Crippen LogP contribution in [0.15, 0.2) is 0 Å². The van der Waals surface area contributed by atoms with Crippen LogP contribution in [0.25, 0.3) is 0 Å². The lowest BCUT2D eigenvalue weighted by molar-refractivity contribution is -0.190. The van der Waals surface area contributed by atoms with Gasteiger partial charge in [-0.2, -0.15) is 0 Å². The van der Waals surface area contributed by atoms with Gasteiger partial charge in [-0.05, 0) is 202 Å². The van der Waals surface area contributed by atoms with Gasteiger partial charge < -0.3 is 24.8 Å². The summed E-state index contributed by atoms with van der Waals surface area (Å²) in [6, 6.07) is 0. The van der Waals surface area contributed by atoms with Crippen LogP contribution in [0.1, 0.15) is 169 Å². The smallest absolute Gasteiger partial charge is 0.303 e. The summed E-state index contributed by atoms with van der Waals surface area (Å²) in [5.74, 6) is 4.90. The Labute approximate surface area is 350 Å². The third kappa shape index (κ3) is 7.27. The Balaban J connectivity index is 1.01. The standard InChI is InChI=1S/C50H80O8/c1-29(7-13-43(53)54)35-9-11-38-46-40(17-22-49(35,38)4)48(3)21-16-34(52)26-32(48)28-42(46)58-24-19-30(8-14-44(55)56)36-10-12-37-45-39(18-23-50(36,37)5)47(2)20-15-33(51)25-31(47)27-41(45)57-6/h29-32,34-42,45-46,52H,7-28H2,1-6H3,(H,53,54)(H,55,56)/t29-,30+,31+,32+,34-,35-,36-,37+,38+,39+,40+,41+,42+,45+,46+,47+,48+,49-,50-/m1/s1. The van der Waals surface area contributed by atoms with Gasteiger partial charge in [0.05, 0.1) is 18.3 Å². The SMILES string of the molecule is CO[C@H]1C[C@@H]2CC(=O)CC[C@]2(C)[C@H]2CC[C@]3(C)[C@@H]([C@H](CCO[C@H]4C[C@@H]5C[C@H](O)CC[C@]5(C)[C@H]5CC[C@]6(C)[C@@H]([C@H](C)CCC(=O)O)CC[C@H]6[C@H]45)CCC(=O)O)CC[C@H]3[C@H]12. The van der Waals surface area contributed by atoms with E-state index < -0.39 is 11.9 Å². The maximum absolute atomic E-state index is 12.6. The number of aliphatic carboxylic acids is 2. The molecule has 3 N–H and O–H groups in total. The molecule has 0 heterocycles. The summed E-state index contributed by atoms with van der Waals surface area (Å²) in [6.07, 6.45) is 19.8. The van der Waals surface area contributed by atoms with Gasteiger partial charge in [-0.3, -0.25) is 14.4 Å². The second-order valence-corrected chi connectivity index (χ2v) is 23.2. The van der Waals surface area contributed by atoms with Gasteiger partial charge >= 0.3 is 11.9 Å². The van der Waals surface area contributed by atoms with Crippen molar-refractivity contribution in [1.29, 1.82) is 0 Å². The van der Waals surface area contributed by atoms with Gasteiger partial charge in [0.25, 0.3) is 0 Å². The number of rotatable bonds is 13. The van der Waals surface area contributed by atoms with E-state index in [0.717, 1.165) is 70.6 Å². The first-order valence-corrected chi connectivity index (χ1v) is 24.3. The molecule has 0 aromatic carbocycles. The number of fused-ring (bicyclic) bond motifs is 10. The largest absolute Gasteiger partial charge is 0.481 e. The fourth-order valence-corrected chi connectivity index (χ4v) is 18.2. The number of carbonyl (C=O) groups excluding carboxylic acids is 1. The van der Waals surface area contributed by atoms with Crippen molar-refractivity contribution in [2.24, 2.45) is 92.7 Å². The quantitative estimate of drug-likeness (QED) is 0.168. The minimum atomic E-state index is -0.702. The highest BCUT2D eigenvalue weighted by molar-refractivity contribution is 5.79. The molecule has 19 atom stereocenters. The number of hydrogen-bond acceptors (Lipinski definition) is 6. The van der Waals surface area contributed by atoms with Crippen LogP contribution in [-0.2, 0) is 23.9 Å². The lowest BCUT2D eigenvalue weighted by atomic mass is 9.43. The van der Waals surface area contributed by atoms with Crippen LogP contribution >= 0.6 is 0 Å². The van der Waals surface area contributed by atoms with E-state index in [1.807, 2.05) is 7.11 Å². The number of hydrogen-bond donors (Lipinski definition) is 3. The van der Waals surface area contributed by atoms with Gasteiger partial charge in [-0.15, -0.1) is 0 Å². The molecule has 58 heavy (non-hydrogen) atoms. The van der Waals surface area contributed by atoms with Gasteiger partial charge in [-0.25, -0.2) is 0 Å². The van der Waals surface area contributed by atoms with E-state index in [4.69, 9.17) is 9.47 Å². The maximum atomic E-state index is 12.6. The molecule has 328 valence electrons. The molecule has 0 aromatic rings. The van der Waals surface area contributed by atoms with E-state index in [9.17, 15) is 29.7 Å². The Kier molecular flexibility index (Phi) is 12.1. The highest BCUT2D eigenvalue weighted by Gasteiger charge is 2.65. The van der Waals surface area contributed by atoms with Gasteiger partial charge in [-0.1, -0.05) is 34.6 Å². The summed E-state index contributed by atoms with van der Waals surface area (Å²) >= 11 is 0. The summed E-state index contributed by atoms with van der Waals surface area (Å²) in [6.45, 7) is 13.1. The highest BCUT2D eigenvalue weighted by atomic mass is 16.5. The van der Waals surface area contributed by atoms with Crippen molar-refractivity contribution >= 4 is 17.7 Å². The lowest BCUT2D eigenvalue weighted by Gasteiger charge is -2.63. The van der Waals surface area contributed by atoms with Crippen molar-refractivity contribution < 1.29 is 39.2 Å². The molecule has 8 heteroatoms. The second-order valence-electron chi connectivity index (χ2n) is 23.2. The Hall–Kier alpha value is -1.51. The summed E-state index contributed by atoms with van der Waals surface area (Å²) in [5.41, 5.74) is 0.763. The normalized spacial score (nSPS) is 49.4. The fourth-order valence-electron chi connectivity index (χ4n) is 18.2. The molecule has 8 saturated carbocycles. The number of aliphatic hydroxyl groups excluding tert-OH is 1. The molecule has 0 aliphatic heterocycles. The van der Waals surface area contributed by atoms with E-state index in [1.54, 1.807) is 0 Å². The third-order valence-corrected chi connectivity index (χ3v) is 21.2. The summed E-state index contributed by atoms with van der Waals surface area (Å²) in [4.78, 5) is 36.4. The number of Topliss-reactive ketones (excluding diaryl/α,β-unsaturated/α-hetero) is 1. The minimum Gasteiger partial charge on any atom is -0.481 e. The topological polar surface area (TPSA) is 130 Å². The molecule has 0 aromatic heterocycles. The molecular weight excluding hydrogens is 729 g/mol. The molecule has 0 spiro atoms. The van der Waals surface area contributed by atoms with Crippen molar-refractivity contribution in [2.75, 3.05) is 13.7 Å². The number of carboxylic acids is 2. The average molecular weight is 809 g/mol. The minimum absolute atomic E-state index is 0.145. The zero-order chi connectivity index (χ0) is 41.4. The van der Waals surface area contributed by atoms with Crippen LogP contribution in [0.2, 0.25) is 0 Å². The molecule has 8 aliphatic carbocycles. The fraction of sp³-hybridized carbons (Fsp3) is 0.940. The lowest BCUT2D eigenvalue weighted by Crippen LogP contribution is -2.59. The zero-order valence-electron chi connectivity index (χ0n) is 37.1. The Bertz CT molecular complexity index is 1530. The van der Waals surface area contributed by atoms with E-state index in [-0.39, 0.29) is 52.8 Å². The molecule has 0 saturated heterocycles. The zero-order valence-corrected chi connectivity index (χ0v) is 37.1. The van der Waals surface area contributed by atoms with E-state index in [0.29, 0.717) is 89.8 Å². The number of carboxylic acid groups (broad SMARTS) is 2. The van der Waals surface area contributed by atoms with Crippen molar-refractivity contribution in [3.63, 3.8) is 0 Å². The molecule has 8 fully saturated rings. The van der Waals surface area contributed by atoms with Crippen molar-refractivity contribution in [3.05, 3.63) is 0 Å². The number of carbonyl (C=O) groups is 3. The Morgan fingerprint density at radius 1 is 0.672 bits per heavy atom. The Morgan fingerprint density at radius 3 is 1.88 bits per heavy atom. The predicted molar refractivity (Wildman–Crippen MR) is 224 cm³/mol. The molecular formula is C50H80O8. The Morgan fingerprint density at radius 2 is 1.22 bits per heavy atom. The van der Waals surface area contributed by atoms with E-state index in [1.165, 1.54) is 44.9 Å². The molecule has 0 radical (unpaired) electrons. The molecule has 8 rings (SSSR count). The summed E-state index contributed by atoms with van der Waals surface area (Å²) in [5, 5.41) is 30.5. The number of ketones is 1. The molecule has 8 nitrogen and oxygen atoms in total. The van der Waals surface area contributed by atoms with Gasteiger partial charge in [0.1, 0.15) is 5.78 Å². The monoisotopic (exact) mass is 809 g/mol. The summed E-state index contributed by atoms with van der Waals surface area (Å²) in [7, 11) is 1.90. The second kappa shape index (κ2) is 16.3. The van der Waals surface area contributed by atoms with Crippen LogP contribution in [-0.4, -0.2) is 65.1 Å². The molecule has 0 unspecified atom stereocenters. The average Bonchev–Trinajstić information content (AvgIpc) is 3.72. The number of ether oxygens (including phenoxy) is 2. The molecule has 0 amide bonds. The first-order valence-electron chi connectivity index (χ1n) is 24.3. The number of aliphatic hydroxyl groups is 1. The van der Waals surface area contributed by atoms with E-state index >= 15 is 0 Å². The van der Waals surface area contributed by atoms with Crippen molar-refractivity contribution in [3.8, 4) is 0 Å². The predicted octanol–water partition coefficient (Wildman–Crippen LogP) is 10.2. The van der Waals surface area contributed by atoms with Gasteiger partial charge in [0, 0.05) is 39.4 Å². The van der Waals surface area contributed by atoms with Crippen LogP contribution in [0, 0.1) is 92.7 Å². The van der Waals surface area contributed by atoms with Crippen molar-refractivity contribution in [2.45, 2.75) is 188 Å². The first-order chi connectivity index (χ1) is 27.5. The number of methoxy groups -OCH3 is 1. The maximum Gasteiger partial charge on any atom is 0.303 e. The highest BCUT2D eigenvalue weighted by Crippen LogP contribution is 2.71. The molecule has 0 bridgehead atoms. The van der Waals surface area contributed by atoms with E-state index in [2.05, 4.69) is 34.6 Å². The third-order valence-electron chi connectivity index (χ3n) is 21.2. The van der Waals surface area contributed by atoms with Crippen LogP contribution in [0.4, 0.5) is 0 Å². The van der Waals surface area contributed by atoms with Gasteiger partial charge in [0.2, 0.25) is 0 Å². The van der Waals surface area contributed by atoms with Crippen LogP contribution in [0.3, 0.4) is 0 Å².